The van der Waals surface area contributed by atoms with Crippen molar-refractivity contribution in [1.82, 2.24) is 0 Å². The molecule has 0 atom stereocenters. The summed E-state index contributed by atoms with van der Waals surface area (Å²) in [6.45, 7) is 1.34. The second kappa shape index (κ2) is 7.08. The predicted molar refractivity (Wildman–Crippen MR) is 83.5 cm³/mol. The van der Waals surface area contributed by atoms with E-state index in [9.17, 15) is 4.79 Å². The third-order valence-corrected chi connectivity index (χ3v) is 3.19. The zero-order valence-electron chi connectivity index (χ0n) is 11.1. The third kappa shape index (κ3) is 3.59. The SMILES string of the molecule is NCCCNc1ccc(Cl)cc1C(=O)c1ccccc1. The van der Waals surface area contributed by atoms with Crippen LogP contribution in [0.15, 0.2) is 48.5 Å². The summed E-state index contributed by atoms with van der Waals surface area (Å²) in [4.78, 5) is 12.5. The molecule has 0 aliphatic heterocycles. The molecule has 0 saturated heterocycles. The van der Waals surface area contributed by atoms with Gasteiger partial charge in [0.1, 0.15) is 0 Å². The van der Waals surface area contributed by atoms with Crippen LogP contribution in [0, 0.1) is 0 Å². The topological polar surface area (TPSA) is 55.1 Å². The molecule has 2 aromatic carbocycles. The van der Waals surface area contributed by atoms with Crippen LogP contribution in [-0.4, -0.2) is 18.9 Å². The van der Waals surface area contributed by atoms with E-state index in [1.54, 1.807) is 24.3 Å². The Morgan fingerprint density at radius 3 is 2.60 bits per heavy atom. The molecule has 2 rings (SSSR count). The molecule has 0 heterocycles. The van der Waals surface area contributed by atoms with Crippen molar-refractivity contribution in [3.8, 4) is 0 Å². The maximum Gasteiger partial charge on any atom is 0.195 e. The molecule has 4 heteroatoms. The van der Waals surface area contributed by atoms with E-state index in [0.717, 1.165) is 18.7 Å². The van der Waals surface area contributed by atoms with Crippen LogP contribution in [0.25, 0.3) is 0 Å². The number of carbonyl (C=O) groups excluding carboxylic acids is 1. The monoisotopic (exact) mass is 288 g/mol. The highest BCUT2D eigenvalue weighted by Crippen LogP contribution is 2.23. The summed E-state index contributed by atoms with van der Waals surface area (Å²) in [6.07, 6.45) is 0.849. The van der Waals surface area contributed by atoms with Crippen molar-refractivity contribution in [3.63, 3.8) is 0 Å². The van der Waals surface area contributed by atoms with Gasteiger partial charge in [-0.05, 0) is 31.2 Å². The zero-order valence-corrected chi connectivity index (χ0v) is 11.9. The van der Waals surface area contributed by atoms with E-state index in [1.807, 2.05) is 24.3 Å². The lowest BCUT2D eigenvalue weighted by molar-refractivity contribution is 0.103. The van der Waals surface area contributed by atoms with Crippen molar-refractivity contribution in [2.45, 2.75) is 6.42 Å². The molecule has 104 valence electrons. The molecular formula is C16H17ClN2O. The second-order valence-electron chi connectivity index (χ2n) is 4.45. The summed E-state index contributed by atoms with van der Waals surface area (Å²) in [5, 5.41) is 3.78. The summed E-state index contributed by atoms with van der Waals surface area (Å²) < 4.78 is 0. The predicted octanol–water partition coefficient (Wildman–Crippen LogP) is 3.33. The Morgan fingerprint density at radius 1 is 1.15 bits per heavy atom. The molecule has 0 saturated carbocycles. The molecule has 0 bridgehead atoms. The van der Waals surface area contributed by atoms with Crippen LogP contribution < -0.4 is 11.1 Å². The molecule has 3 nitrogen and oxygen atoms in total. The Balaban J connectivity index is 2.29. The molecule has 0 amide bonds. The Kier molecular flexibility index (Phi) is 5.16. The highest BCUT2D eigenvalue weighted by molar-refractivity contribution is 6.31. The smallest absolute Gasteiger partial charge is 0.195 e. The van der Waals surface area contributed by atoms with Gasteiger partial charge in [0.25, 0.3) is 0 Å². The third-order valence-electron chi connectivity index (χ3n) is 2.96. The minimum absolute atomic E-state index is 0.0386. The fourth-order valence-electron chi connectivity index (χ4n) is 1.93. The van der Waals surface area contributed by atoms with Crippen molar-refractivity contribution in [3.05, 3.63) is 64.7 Å². The molecule has 0 aromatic heterocycles. The number of benzene rings is 2. The van der Waals surface area contributed by atoms with E-state index in [0.29, 0.717) is 22.7 Å². The number of rotatable bonds is 6. The van der Waals surface area contributed by atoms with Gasteiger partial charge in [0, 0.05) is 28.4 Å². The first-order chi connectivity index (χ1) is 9.72. The van der Waals surface area contributed by atoms with Crippen LogP contribution >= 0.6 is 11.6 Å². The highest BCUT2D eigenvalue weighted by atomic mass is 35.5. The summed E-state index contributed by atoms with van der Waals surface area (Å²) in [5.74, 6) is -0.0386. The first-order valence-corrected chi connectivity index (χ1v) is 6.93. The molecule has 0 fully saturated rings. The van der Waals surface area contributed by atoms with Crippen LogP contribution in [0.2, 0.25) is 5.02 Å². The molecule has 0 spiro atoms. The van der Waals surface area contributed by atoms with Gasteiger partial charge in [-0.3, -0.25) is 4.79 Å². The van der Waals surface area contributed by atoms with Crippen molar-refractivity contribution < 1.29 is 4.79 Å². The average molecular weight is 289 g/mol. The zero-order chi connectivity index (χ0) is 14.4. The van der Waals surface area contributed by atoms with E-state index < -0.39 is 0 Å². The van der Waals surface area contributed by atoms with Crippen molar-refractivity contribution in [1.29, 1.82) is 0 Å². The number of hydrogen-bond donors (Lipinski definition) is 2. The van der Waals surface area contributed by atoms with E-state index >= 15 is 0 Å². The summed E-state index contributed by atoms with van der Waals surface area (Å²) in [5.41, 5.74) is 7.50. The Bertz CT molecular complexity index is 584. The van der Waals surface area contributed by atoms with E-state index in [1.165, 1.54) is 0 Å². The lowest BCUT2D eigenvalue weighted by atomic mass is 10.0. The molecule has 2 aromatic rings. The average Bonchev–Trinajstić information content (AvgIpc) is 2.49. The van der Waals surface area contributed by atoms with Crippen LogP contribution in [0.4, 0.5) is 5.69 Å². The first-order valence-electron chi connectivity index (χ1n) is 6.55. The largest absolute Gasteiger partial charge is 0.384 e. The normalized spacial score (nSPS) is 10.3. The van der Waals surface area contributed by atoms with Crippen LogP contribution in [-0.2, 0) is 0 Å². The van der Waals surface area contributed by atoms with Crippen molar-refractivity contribution in [2.75, 3.05) is 18.4 Å². The van der Waals surface area contributed by atoms with Gasteiger partial charge in [-0.25, -0.2) is 0 Å². The highest BCUT2D eigenvalue weighted by Gasteiger charge is 2.13. The summed E-state index contributed by atoms with van der Waals surface area (Å²) in [7, 11) is 0. The molecule has 0 unspecified atom stereocenters. The van der Waals surface area contributed by atoms with Crippen molar-refractivity contribution in [2.24, 2.45) is 5.73 Å². The quantitative estimate of drug-likeness (QED) is 0.633. The second-order valence-corrected chi connectivity index (χ2v) is 4.89. The molecular weight excluding hydrogens is 272 g/mol. The molecule has 0 aliphatic carbocycles. The van der Waals surface area contributed by atoms with Crippen molar-refractivity contribution >= 4 is 23.1 Å². The molecule has 3 N–H and O–H groups in total. The maximum absolute atomic E-state index is 12.5. The number of hydrogen-bond acceptors (Lipinski definition) is 3. The number of anilines is 1. The fourth-order valence-corrected chi connectivity index (χ4v) is 2.10. The number of ketones is 1. The van der Waals surface area contributed by atoms with Gasteiger partial charge in [0.2, 0.25) is 0 Å². The number of nitrogens with one attached hydrogen (secondary N) is 1. The van der Waals surface area contributed by atoms with Gasteiger partial charge in [-0.1, -0.05) is 41.9 Å². The molecule has 20 heavy (non-hydrogen) atoms. The fraction of sp³-hybridized carbons (Fsp3) is 0.188. The Hall–Kier alpha value is -1.84. The van der Waals surface area contributed by atoms with Gasteiger partial charge < -0.3 is 11.1 Å². The van der Waals surface area contributed by atoms with E-state index in [-0.39, 0.29) is 5.78 Å². The van der Waals surface area contributed by atoms with Crippen LogP contribution in [0.5, 0.6) is 0 Å². The van der Waals surface area contributed by atoms with E-state index in [2.05, 4.69) is 5.32 Å². The molecule has 0 radical (unpaired) electrons. The first kappa shape index (κ1) is 14.6. The lowest BCUT2D eigenvalue weighted by Crippen LogP contribution is -2.12. The number of halogens is 1. The van der Waals surface area contributed by atoms with Gasteiger partial charge in [0.05, 0.1) is 0 Å². The van der Waals surface area contributed by atoms with E-state index in [4.69, 9.17) is 17.3 Å². The minimum atomic E-state index is -0.0386. The van der Waals surface area contributed by atoms with Gasteiger partial charge >= 0.3 is 0 Å². The minimum Gasteiger partial charge on any atom is -0.384 e. The summed E-state index contributed by atoms with van der Waals surface area (Å²) in [6, 6.07) is 14.5. The van der Waals surface area contributed by atoms with Crippen LogP contribution in [0.1, 0.15) is 22.3 Å². The number of carbonyl (C=O) groups is 1. The Labute approximate surface area is 123 Å². The van der Waals surface area contributed by atoms with Gasteiger partial charge in [-0.2, -0.15) is 0 Å². The van der Waals surface area contributed by atoms with Gasteiger partial charge in [0.15, 0.2) is 5.78 Å². The van der Waals surface area contributed by atoms with Crippen LogP contribution in [0.3, 0.4) is 0 Å². The lowest BCUT2D eigenvalue weighted by Gasteiger charge is -2.11. The molecule has 0 aliphatic rings. The standard InChI is InChI=1S/C16H17ClN2O/c17-13-7-8-15(19-10-4-9-18)14(11-13)16(20)12-5-2-1-3-6-12/h1-3,5-8,11,19H,4,9-10,18H2. The van der Waals surface area contributed by atoms with Gasteiger partial charge in [-0.15, -0.1) is 0 Å². The Morgan fingerprint density at radius 2 is 1.90 bits per heavy atom. The summed E-state index contributed by atoms with van der Waals surface area (Å²) >= 11 is 6.01. The number of nitrogens with two attached hydrogens (primary N) is 1. The maximum atomic E-state index is 12.5.